The van der Waals surface area contributed by atoms with E-state index < -0.39 is 12.0 Å². The Hall–Kier alpha value is -1.72. The lowest BCUT2D eigenvalue weighted by Gasteiger charge is -2.16. The number of hydrogen-bond donors (Lipinski definition) is 3. The second kappa shape index (κ2) is 9.26. The zero-order valence-electron chi connectivity index (χ0n) is 12.3. The van der Waals surface area contributed by atoms with E-state index in [1.165, 1.54) is 5.56 Å². The summed E-state index contributed by atoms with van der Waals surface area (Å²) in [5.41, 5.74) is 1.75. The van der Waals surface area contributed by atoms with E-state index in [0.29, 0.717) is 5.56 Å². The normalized spacial score (nSPS) is 12.1. The molecular formula is C16H23NO4. The van der Waals surface area contributed by atoms with Crippen LogP contribution in [-0.2, 0) is 11.2 Å². The van der Waals surface area contributed by atoms with E-state index in [-0.39, 0.29) is 31.8 Å². The maximum atomic E-state index is 12.4. The fourth-order valence-electron chi connectivity index (χ4n) is 2.16. The fraction of sp³-hybridized carbons (Fsp3) is 0.500. The number of ketones is 1. The SMILES string of the molecule is CCCc1ccc(C(=O)C(CCC(=O)O)NCCO)cc1. The fourth-order valence-corrected chi connectivity index (χ4v) is 2.16. The van der Waals surface area contributed by atoms with Gasteiger partial charge < -0.3 is 15.5 Å². The smallest absolute Gasteiger partial charge is 0.303 e. The molecule has 3 N–H and O–H groups in total. The molecule has 1 atom stereocenters. The van der Waals surface area contributed by atoms with Crippen LogP contribution < -0.4 is 5.32 Å². The first-order valence-electron chi connectivity index (χ1n) is 7.27. The molecule has 1 unspecified atom stereocenters. The van der Waals surface area contributed by atoms with Crippen LogP contribution in [0, 0.1) is 0 Å². The molecule has 0 aromatic heterocycles. The second-order valence-electron chi connectivity index (χ2n) is 4.97. The van der Waals surface area contributed by atoms with Crippen molar-refractivity contribution < 1.29 is 19.8 Å². The number of carboxylic acid groups (broad SMARTS) is 1. The first-order valence-corrected chi connectivity index (χ1v) is 7.27. The van der Waals surface area contributed by atoms with Crippen molar-refractivity contribution >= 4 is 11.8 Å². The van der Waals surface area contributed by atoms with E-state index in [2.05, 4.69) is 12.2 Å². The number of aliphatic hydroxyl groups is 1. The summed E-state index contributed by atoms with van der Waals surface area (Å²) in [6.45, 7) is 2.27. The third kappa shape index (κ3) is 6.06. The van der Waals surface area contributed by atoms with Gasteiger partial charge in [0.1, 0.15) is 0 Å². The first kappa shape index (κ1) is 17.3. The molecule has 0 fully saturated rings. The molecule has 0 saturated carbocycles. The highest BCUT2D eigenvalue weighted by atomic mass is 16.4. The highest BCUT2D eigenvalue weighted by Crippen LogP contribution is 2.11. The zero-order valence-corrected chi connectivity index (χ0v) is 12.3. The van der Waals surface area contributed by atoms with Crippen LogP contribution in [0.4, 0.5) is 0 Å². The Balaban J connectivity index is 2.74. The van der Waals surface area contributed by atoms with Crippen LogP contribution in [0.1, 0.15) is 42.1 Å². The standard InChI is InChI=1S/C16H23NO4/c1-2-3-12-4-6-13(7-5-12)16(21)14(17-10-11-18)8-9-15(19)20/h4-7,14,17-18H,2-3,8-11H2,1H3,(H,19,20). The van der Waals surface area contributed by atoms with E-state index in [1.54, 1.807) is 12.1 Å². The molecule has 21 heavy (non-hydrogen) atoms. The first-order chi connectivity index (χ1) is 10.1. The van der Waals surface area contributed by atoms with Gasteiger partial charge in [-0.25, -0.2) is 0 Å². The van der Waals surface area contributed by atoms with Crippen molar-refractivity contribution in [2.45, 2.75) is 38.6 Å². The van der Waals surface area contributed by atoms with E-state index in [4.69, 9.17) is 10.2 Å². The van der Waals surface area contributed by atoms with Crippen molar-refractivity contribution in [3.8, 4) is 0 Å². The predicted octanol–water partition coefficient (Wildman–Crippen LogP) is 1.64. The highest BCUT2D eigenvalue weighted by molar-refractivity contribution is 6.00. The Kier molecular flexibility index (Phi) is 7.64. The van der Waals surface area contributed by atoms with E-state index in [9.17, 15) is 9.59 Å². The summed E-state index contributed by atoms with van der Waals surface area (Å²) in [5, 5.41) is 20.5. The summed E-state index contributed by atoms with van der Waals surface area (Å²) in [6, 6.07) is 6.84. The molecular weight excluding hydrogens is 270 g/mol. The molecule has 0 amide bonds. The summed E-state index contributed by atoms with van der Waals surface area (Å²) in [6.07, 6.45) is 2.15. The van der Waals surface area contributed by atoms with Crippen molar-refractivity contribution in [2.75, 3.05) is 13.2 Å². The number of aliphatic carboxylic acids is 1. The number of hydrogen-bond acceptors (Lipinski definition) is 4. The summed E-state index contributed by atoms with van der Waals surface area (Å²) in [4.78, 5) is 23.1. The number of carbonyl (C=O) groups excluding carboxylic acids is 1. The van der Waals surface area contributed by atoms with Gasteiger partial charge in [-0.2, -0.15) is 0 Å². The van der Waals surface area contributed by atoms with Crippen molar-refractivity contribution in [1.82, 2.24) is 5.32 Å². The largest absolute Gasteiger partial charge is 0.481 e. The van der Waals surface area contributed by atoms with Crippen LogP contribution in [0.2, 0.25) is 0 Å². The van der Waals surface area contributed by atoms with Crippen LogP contribution in [0.25, 0.3) is 0 Å². The van der Waals surface area contributed by atoms with Gasteiger partial charge in [0.15, 0.2) is 5.78 Å². The lowest BCUT2D eigenvalue weighted by atomic mass is 9.98. The number of Topliss-reactive ketones (excluding diaryl/α,β-unsaturated/α-hetero) is 1. The average Bonchev–Trinajstić information content (AvgIpc) is 2.47. The van der Waals surface area contributed by atoms with E-state index in [1.807, 2.05) is 12.1 Å². The topological polar surface area (TPSA) is 86.6 Å². The molecule has 5 heteroatoms. The number of carboxylic acids is 1. The second-order valence-corrected chi connectivity index (χ2v) is 4.97. The monoisotopic (exact) mass is 293 g/mol. The van der Waals surface area contributed by atoms with Crippen LogP contribution in [0.15, 0.2) is 24.3 Å². The van der Waals surface area contributed by atoms with Gasteiger partial charge in [0, 0.05) is 18.5 Å². The highest BCUT2D eigenvalue weighted by Gasteiger charge is 2.20. The van der Waals surface area contributed by atoms with Crippen molar-refractivity contribution in [3.05, 3.63) is 35.4 Å². The minimum Gasteiger partial charge on any atom is -0.481 e. The zero-order chi connectivity index (χ0) is 15.7. The van der Waals surface area contributed by atoms with Gasteiger partial charge >= 0.3 is 5.97 Å². The summed E-state index contributed by atoms with van der Waals surface area (Å²) < 4.78 is 0. The van der Waals surface area contributed by atoms with Gasteiger partial charge in [0.25, 0.3) is 0 Å². The van der Waals surface area contributed by atoms with Crippen molar-refractivity contribution in [1.29, 1.82) is 0 Å². The Morgan fingerprint density at radius 3 is 2.43 bits per heavy atom. The van der Waals surface area contributed by atoms with Gasteiger partial charge in [-0.3, -0.25) is 9.59 Å². The number of benzene rings is 1. The minimum atomic E-state index is -0.933. The van der Waals surface area contributed by atoms with Gasteiger partial charge in [0.05, 0.1) is 12.6 Å². The number of carbonyl (C=O) groups is 2. The quantitative estimate of drug-likeness (QED) is 0.571. The van der Waals surface area contributed by atoms with Gasteiger partial charge in [-0.05, 0) is 18.4 Å². The van der Waals surface area contributed by atoms with E-state index >= 15 is 0 Å². The summed E-state index contributed by atoms with van der Waals surface area (Å²) in [7, 11) is 0. The summed E-state index contributed by atoms with van der Waals surface area (Å²) in [5.74, 6) is -1.07. The van der Waals surface area contributed by atoms with Gasteiger partial charge in [-0.1, -0.05) is 37.6 Å². The third-order valence-electron chi connectivity index (χ3n) is 3.24. The van der Waals surface area contributed by atoms with Crippen molar-refractivity contribution in [2.24, 2.45) is 0 Å². The van der Waals surface area contributed by atoms with Crippen LogP contribution in [0.5, 0.6) is 0 Å². The Morgan fingerprint density at radius 1 is 1.24 bits per heavy atom. The number of aryl methyl sites for hydroxylation is 1. The molecule has 0 saturated heterocycles. The molecule has 1 aromatic carbocycles. The Labute approximate surface area is 125 Å². The molecule has 0 heterocycles. The lowest BCUT2D eigenvalue weighted by Crippen LogP contribution is -2.38. The molecule has 5 nitrogen and oxygen atoms in total. The third-order valence-corrected chi connectivity index (χ3v) is 3.24. The predicted molar refractivity (Wildman–Crippen MR) is 80.5 cm³/mol. The molecule has 0 aliphatic rings. The molecule has 0 aliphatic heterocycles. The van der Waals surface area contributed by atoms with Crippen LogP contribution in [-0.4, -0.2) is 41.2 Å². The molecule has 1 rings (SSSR count). The van der Waals surface area contributed by atoms with Gasteiger partial charge in [0.2, 0.25) is 0 Å². The number of aliphatic hydroxyl groups excluding tert-OH is 1. The maximum Gasteiger partial charge on any atom is 0.303 e. The Morgan fingerprint density at radius 2 is 1.90 bits per heavy atom. The molecule has 116 valence electrons. The lowest BCUT2D eigenvalue weighted by molar-refractivity contribution is -0.137. The molecule has 0 bridgehead atoms. The molecule has 0 spiro atoms. The van der Waals surface area contributed by atoms with Crippen LogP contribution >= 0.6 is 0 Å². The van der Waals surface area contributed by atoms with Crippen LogP contribution in [0.3, 0.4) is 0 Å². The molecule has 0 radical (unpaired) electrons. The van der Waals surface area contributed by atoms with Gasteiger partial charge in [-0.15, -0.1) is 0 Å². The number of nitrogens with one attached hydrogen (secondary N) is 1. The summed E-state index contributed by atoms with van der Waals surface area (Å²) >= 11 is 0. The van der Waals surface area contributed by atoms with E-state index in [0.717, 1.165) is 12.8 Å². The Bertz CT molecular complexity index is 456. The average molecular weight is 293 g/mol. The van der Waals surface area contributed by atoms with Crippen molar-refractivity contribution in [3.63, 3.8) is 0 Å². The molecule has 1 aromatic rings. The molecule has 0 aliphatic carbocycles. The minimum absolute atomic E-state index is 0.0806. The maximum absolute atomic E-state index is 12.4. The number of rotatable bonds is 10.